The summed E-state index contributed by atoms with van der Waals surface area (Å²) in [5.41, 5.74) is 7.75. The summed E-state index contributed by atoms with van der Waals surface area (Å²) in [7, 11) is 0. The highest BCUT2D eigenvalue weighted by Crippen LogP contribution is 2.31. The average molecular weight is 330 g/mol. The Morgan fingerprint density at radius 3 is 2.54 bits per heavy atom. The smallest absolute Gasteiger partial charge is 0.273 e. The third-order valence-electron chi connectivity index (χ3n) is 4.39. The molecule has 0 aromatic heterocycles. The Labute approximate surface area is 140 Å². The lowest BCUT2D eigenvalue weighted by molar-refractivity contribution is -0.163. The van der Waals surface area contributed by atoms with Gasteiger partial charge in [0.2, 0.25) is 11.8 Å². The lowest BCUT2D eigenvalue weighted by Crippen LogP contribution is -2.52. The van der Waals surface area contributed by atoms with Crippen molar-refractivity contribution in [3.05, 3.63) is 29.3 Å². The summed E-state index contributed by atoms with van der Waals surface area (Å²) in [6, 6.07) is 5.46. The Morgan fingerprint density at radius 1 is 1.08 bits per heavy atom. The SMILES string of the molecule is NCCCCNc1cccc2c1CN(N1C(=O)CCCC1=O)C2=O. The van der Waals surface area contributed by atoms with Crippen molar-refractivity contribution in [2.45, 2.75) is 38.6 Å². The van der Waals surface area contributed by atoms with Crippen molar-refractivity contribution in [2.75, 3.05) is 18.4 Å². The van der Waals surface area contributed by atoms with Crippen LogP contribution in [0.15, 0.2) is 18.2 Å². The molecule has 0 aliphatic carbocycles. The summed E-state index contributed by atoms with van der Waals surface area (Å²) < 4.78 is 0. The van der Waals surface area contributed by atoms with E-state index in [2.05, 4.69) is 5.32 Å². The van der Waals surface area contributed by atoms with E-state index >= 15 is 0 Å². The molecule has 7 heteroatoms. The van der Waals surface area contributed by atoms with E-state index in [0.29, 0.717) is 31.4 Å². The Bertz CT molecular complexity index is 658. The molecule has 0 unspecified atom stereocenters. The zero-order chi connectivity index (χ0) is 17.1. The van der Waals surface area contributed by atoms with Crippen molar-refractivity contribution in [1.29, 1.82) is 0 Å². The fraction of sp³-hybridized carbons (Fsp3) is 0.471. The number of nitrogens with one attached hydrogen (secondary N) is 1. The fourth-order valence-corrected chi connectivity index (χ4v) is 3.15. The number of hydrogen-bond donors (Lipinski definition) is 2. The zero-order valence-corrected chi connectivity index (χ0v) is 13.6. The zero-order valence-electron chi connectivity index (χ0n) is 13.6. The molecule has 0 spiro atoms. The largest absolute Gasteiger partial charge is 0.385 e. The van der Waals surface area contributed by atoms with E-state index in [4.69, 9.17) is 5.73 Å². The molecular formula is C17H22N4O3. The number of amides is 3. The van der Waals surface area contributed by atoms with Gasteiger partial charge in [-0.1, -0.05) is 6.07 Å². The van der Waals surface area contributed by atoms with Gasteiger partial charge in [0.15, 0.2) is 0 Å². The van der Waals surface area contributed by atoms with Crippen molar-refractivity contribution in [1.82, 2.24) is 10.0 Å². The average Bonchev–Trinajstić information content (AvgIpc) is 2.89. The second kappa shape index (κ2) is 7.00. The first kappa shape index (κ1) is 16.4. The molecule has 2 heterocycles. The first-order valence-corrected chi connectivity index (χ1v) is 8.37. The van der Waals surface area contributed by atoms with Crippen LogP contribution in [0.3, 0.4) is 0 Å². The number of fused-ring (bicyclic) bond motifs is 1. The highest BCUT2D eigenvalue weighted by Gasteiger charge is 2.39. The number of unbranched alkanes of at least 4 members (excludes halogenated alkanes) is 1. The number of nitrogens with two attached hydrogens (primary N) is 1. The number of piperidine rings is 1. The number of carbonyl (C=O) groups excluding carboxylic acids is 3. The Morgan fingerprint density at radius 2 is 1.83 bits per heavy atom. The first-order chi connectivity index (χ1) is 11.6. The highest BCUT2D eigenvalue weighted by molar-refractivity contribution is 6.05. The van der Waals surface area contributed by atoms with Gasteiger partial charge in [-0.25, -0.2) is 5.01 Å². The van der Waals surface area contributed by atoms with Crippen LogP contribution in [0.4, 0.5) is 5.69 Å². The van der Waals surface area contributed by atoms with Crippen LogP contribution in [-0.2, 0) is 16.1 Å². The van der Waals surface area contributed by atoms with Crippen molar-refractivity contribution in [2.24, 2.45) is 5.73 Å². The molecule has 3 rings (SSSR count). The fourth-order valence-electron chi connectivity index (χ4n) is 3.15. The summed E-state index contributed by atoms with van der Waals surface area (Å²) in [5.74, 6) is -0.895. The third kappa shape index (κ3) is 2.99. The Hall–Kier alpha value is -2.41. The molecule has 24 heavy (non-hydrogen) atoms. The first-order valence-electron chi connectivity index (χ1n) is 8.37. The van der Waals surface area contributed by atoms with Gasteiger partial charge in [-0.05, 0) is 37.9 Å². The standard InChI is InChI=1S/C17H22N4O3/c18-9-1-2-10-19-14-6-3-5-12-13(14)11-20(17(12)24)21-15(22)7-4-8-16(21)23/h3,5-6,19H,1-2,4,7-11,18H2. The number of benzene rings is 1. The van der Waals surface area contributed by atoms with Crippen LogP contribution in [0.5, 0.6) is 0 Å². The molecule has 0 radical (unpaired) electrons. The maximum absolute atomic E-state index is 12.7. The second-order valence-corrected chi connectivity index (χ2v) is 6.07. The van der Waals surface area contributed by atoms with E-state index in [-0.39, 0.29) is 24.3 Å². The van der Waals surface area contributed by atoms with Crippen LogP contribution in [0, 0.1) is 0 Å². The molecule has 128 valence electrons. The van der Waals surface area contributed by atoms with Crippen LogP contribution in [0.1, 0.15) is 48.0 Å². The van der Waals surface area contributed by atoms with Gasteiger partial charge in [0.25, 0.3) is 5.91 Å². The van der Waals surface area contributed by atoms with E-state index in [0.717, 1.165) is 35.6 Å². The van der Waals surface area contributed by atoms with Crippen LogP contribution in [0.2, 0.25) is 0 Å². The number of anilines is 1. The van der Waals surface area contributed by atoms with Gasteiger partial charge in [0, 0.05) is 36.2 Å². The molecule has 7 nitrogen and oxygen atoms in total. The molecule has 1 aromatic rings. The molecular weight excluding hydrogens is 308 g/mol. The maximum atomic E-state index is 12.7. The lowest BCUT2D eigenvalue weighted by Gasteiger charge is -2.32. The second-order valence-electron chi connectivity index (χ2n) is 6.07. The Kier molecular flexibility index (Phi) is 4.80. The van der Waals surface area contributed by atoms with Crippen molar-refractivity contribution < 1.29 is 14.4 Å². The molecule has 1 fully saturated rings. The normalized spacial score (nSPS) is 17.5. The molecule has 2 aliphatic heterocycles. The van der Waals surface area contributed by atoms with Gasteiger partial charge < -0.3 is 11.1 Å². The van der Waals surface area contributed by atoms with Crippen molar-refractivity contribution >= 4 is 23.4 Å². The number of hydrogen-bond acceptors (Lipinski definition) is 5. The number of imide groups is 1. The molecule has 0 atom stereocenters. The van der Waals surface area contributed by atoms with Crippen molar-refractivity contribution in [3.63, 3.8) is 0 Å². The van der Waals surface area contributed by atoms with Gasteiger partial charge in [-0.15, -0.1) is 0 Å². The minimum Gasteiger partial charge on any atom is -0.385 e. The van der Waals surface area contributed by atoms with E-state index in [9.17, 15) is 14.4 Å². The predicted octanol–water partition coefficient (Wildman–Crippen LogP) is 1.25. The number of nitrogens with zero attached hydrogens (tertiary/aromatic N) is 2. The monoisotopic (exact) mass is 330 g/mol. The predicted molar refractivity (Wildman–Crippen MR) is 88.8 cm³/mol. The van der Waals surface area contributed by atoms with Gasteiger partial charge in [0.05, 0.1) is 6.54 Å². The highest BCUT2D eigenvalue weighted by atomic mass is 16.2. The summed E-state index contributed by atoms with van der Waals surface area (Å²) in [4.78, 5) is 36.9. The number of hydrazine groups is 1. The molecule has 2 aliphatic rings. The molecule has 3 N–H and O–H groups in total. The van der Waals surface area contributed by atoms with Crippen LogP contribution in [0.25, 0.3) is 0 Å². The van der Waals surface area contributed by atoms with E-state index in [1.807, 2.05) is 12.1 Å². The maximum Gasteiger partial charge on any atom is 0.273 e. The van der Waals surface area contributed by atoms with Gasteiger partial charge in [0.1, 0.15) is 0 Å². The molecule has 0 saturated carbocycles. The summed E-state index contributed by atoms with van der Waals surface area (Å²) in [5, 5.41) is 5.63. The number of carbonyl (C=O) groups is 3. The minimum absolute atomic E-state index is 0.242. The quantitative estimate of drug-likeness (QED) is 0.604. The van der Waals surface area contributed by atoms with Gasteiger partial charge in [-0.2, -0.15) is 5.01 Å². The van der Waals surface area contributed by atoms with Crippen LogP contribution in [-0.4, -0.2) is 40.8 Å². The van der Waals surface area contributed by atoms with Gasteiger partial charge >= 0.3 is 0 Å². The third-order valence-corrected chi connectivity index (χ3v) is 4.39. The Balaban J connectivity index is 1.79. The van der Waals surface area contributed by atoms with Crippen molar-refractivity contribution in [3.8, 4) is 0 Å². The summed E-state index contributed by atoms with van der Waals surface area (Å²) in [6.07, 6.45) is 3.04. The lowest BCUT2D eigenvalue weighted by atomic mass is 10.1. The topological polar surface area (TPSA) is 95.7 Å². The van der Waals surface area contributed by atoms with Crippen LogP contribution < -0.4 is 11.1 Å². The molecule has 1 aromatic carbocycles. The van der Waals surface area contributed by atoms with Gasteiger partial charge in [-0.3, -0.25) is 14.4 Å². The van der Waals surface area contributed by atoms with E-state index in [1.54, 1.807) is 6.07 Å². The molecule has 0 bridgehead atoms. The molecule has 3 amide bonds. The summed E-state index contributed by atoms with van der Waals surface area (Å²) >= 11 is 0. The van der Waals surface area contributed by atoms with Crippen LogP contribution >= 0.6 is 0 Å². The summed E-state index contributed by atoms with van der Waals surface area (Å²) in [6.45, 7) is 1.66. The van der Waals surface area contributed by atoms with E-state index in [1.165, 1.54) is 5.01 Å². The molecule has 1 saturated heterocycles. The minimum atomic E-state index is -0.301. The van der Waals surface area contributed by atoms with E-state index < -0.39 is 0 Å². The number of rotatable bonds is 6.